The summed E-state index contributed by atoms with van der Waals surface area (Å²) in [7, 11) is 0. The van der Waals surface area contributed by atoms with Gasteiger partial charge in [0, 0.05) is 12.6 Å². The second-order valence-electron chi connectivity index (χ2n) is 7.28. The molecule has 0 aromatic heterocycles. The molecule has 0 saturated heterocycles. The van der Waals surface area contributed by atoms with Crippen LogP contribution in [0.25, 0.3) is 0 Å². The van der Waals surface area contributed by atoms with Crippen molar-refractivity contribution >= 4 is 23.2 Å². The van der Waals surface area contributed by atoms with E-state index in [1.54, 1.807) is 19.9 Å². The Morgan fingerprint density at radius 3 is 2.75 bits per heavy atom. The molecule has 1 aliphatic heterocycles. The summed E-state index contributed by atoms with van der Waals surface area (Å²) in [6.07, 6.45) is 1.85. The molecule has 2 aromatic rings. The van der Waals surface area contributed by atoms with E-state index < -0.39 is 11.7 Å². The minimum atomic E-state index is -0.581. The Hall–Kier alpha value is -2.15. The number of carbonyl (C=O) groups excluding carboxylic acids is 1. The summed E-state index contributed by atoms with van der Waals surface area (Å²) in [5.41, 5.74) is 4.08. The van der Waals surface area contributed by atoms with Crippen molar-refractivity contribution in [1.82, 2.24) is 10.3 Å². The van der Waals surface area contributed by atoms with Gasteiger partial charge in [-0.15, -0.1) is 0 Å². The van der Waals surface area contributed by atoms with Crippen molar-refractivity contribution in [1.29, 1.82) is 0 Å². The highest BCUT2D eigenvalue weighted by Crippen LogP contribution is 2.31. The van der Waals surface area contributed by atoms with Crippen LogP contribution in [-0.2, 0) is 19.4 Å². The molecule has 1 heterocycles. The number of rotatable bonds is 5. The molecule has 0 radical (unpaired) electrons. The maximum atomic E-state index is 14.5. The van der Waals surface area contributed by atoms with Gasteiger partial charge < -0.3 is 10.6 Å². The van der Waals surface area contributed by atoms with Crippen LogP contribution in [0, 0.1) is 5.82 Å². The highest BCUT2D eigenvalue weighted by atomic mass is 35.5. The molecule has 0 spiro atoms. The van der Waals surface area contributed by atoms with Gasteiger partial charge in [0.2, 0.25) is 0 Å². The molecular weight excluding hydrogens is 379 g/mol. The van der Waals surface area contributed by atoms with Gasteiger partial charge in [-0.05, 0) is 74.7 Å². The zero-order chi connectivity index (χ0) is 20.3. The van der Waals surface area contributed by atoms with E-state index >= 15 is 0 Å². The van der Waals surface area contributed by atoms with Gasteiger partial charge in [0.25, 0.3) is 5.91 Å². The fourth-order valence-electron chi connectivity index (χ4n) is 3.34. The van der Waals surface area contributed by atoms with Crippen LogP contribution in [0.4, 0.5) is 10.1 Å². The Morgan fingerprint density at radius 2 is 2.04 bits per heavy atom. The van der Waals surface area contributed by atoms with Gasteiger partial charge in [0.1, 0.15) is 5.82 Å². The third-order valence-electron chi connectivity index (χ3n) is 5.01. The molecule has 5 nitrogen and oxygen atoms in total. The van der Waals surface area contributed by atoms with Gasteiger partial charge in [0.15, 0.2) is 0 Å². The molecule has 150 valence electrons. The van der Waals surface area contributed by atoms with Gasteiger partial charge in [-0.1, -0.05) is 23.7 Å². The van der Waals surface area contributed by atoms with E-state index in [1.807, 2.05) is 6.07 Å². The number of benzene rings is 2. The van der Waals surface area contributed by atoms with Gasteiger partial charge in [-0.3, -0.25) is 9.80 Å². The fraction of sp³-hybridized carbons (Fsp3) is 0.381. The van der Waals surface area contributed by atoms with Crippen molar-refractivity contribution < 1.29 is 9.18 Å². The van der Waals surface area contributed by atoms with Crippen LogP contribution in [-0.4, -0.2) is 30.0 Å². The number of amides is 1. The topological polar surface area (TPSA) is 70.4 Å². The number of nitrogens with zero attached hydrogens (tertiary/aromatic N) is 1. The summed E-state index contributed by atoms with van der Waals surface area (Å²) in [6.45, 7) is 5.81. The van der Waals surface area contributed by atoms with Crippen molar-refractivity contribution in [3.8, 4) is 0 Å². The number of hydrogen-bond acceptors (Lipinski definition) is 4. The summed E-state index contributed by atoms with van der Waals surface area (Å²) in [5.74, 6) is 4.60. The number of anilines is 1. The average molecular weight is 405 g/mol. The lowest BCUT2D eigenvalue weighted by Crippen LogP contribution is -2.43. The zero-order valence-electron chi connectivity index (χ0n) is 16.2. The monoisotopic (exact) mass is 404 g/mol. The minimum Gasteiger partial charge on any atom is -0.380 e. The van der Waals surface area contributed by atoms with Crippen LogP contribution >= 0.6 is 11.6 Å². The first-order valence-corrected chi connectivity index (χ1v) is 9.87. The molecule has 0 saturated carbocycles. The third-order valence-corrected chi connectivity index (χ3v) is 5.32. The van der Waals surface area contributed by atoms with Gasteiger partial charge in [-0.25, -0.2) is 10.2 Å². The van der Waals surface area contributed by atoms with Crippen LogP contribution in [0.2, 0.25) is 5.02 Å². The molecule has 0 unspecified atom stereocenters. The predicted octanol–water partition coefficient (Wildman–Crippen LogP) is 3.50. The second kappa shape index (κ2) is 8.90. The van der Waals surface area contributed by atoms with Gasteiger partial charge >= 0.3 is 0 Å². The van der Waals surface area contributed by atoms with Crippen LogP contribution < -0.4 is 16.5 Å². The number of fused-ring (bicyclic) bond motifs is 1. The molecule has 0 atom stereocenters. The average Bonchev–Trinajstić information content (AvgIpc) is 2.91. The van der Waals surface area contributed by atoms with E-state index in [0.29, 0.717) is 11.6 Å². The van der Waals surface area contributed by atoms with Crippen molar-refractivity contribution in [3.63, 3.8) is 0 Å². The van der Waals surface area contributed by atoms with Crippen molar-refractivity contribution in [3.05, 3.63) is 63.4 Å². The number of nitrogens with two attached hydrogens (primary N) is 1. The first kappa shape index (κ1) is 20.6. The predicted molar refractivity (Wildman–Crippen MR) is 111 cm³/mol. The Labute approximate surface area is 170 Å². The van der Waals surface area contributed by atoms with Crippen LogP contribution in [0.15, 0.2) is 30.3 Å². The van der Waals surface area contributed by atoms with E-state index in [4.69, 9.17) is 17.4 Å². The lowest BCUT2D eigenvalue weighted by Gasteiger charge is -2.21. The van der Waals surface area contributed by atoms with E-state index in [-0.39, 0.29) is 11.6 Å². The smallest absolute Gasteiger partial charge is 0.270 e. The van der Waals surface area contributed by atoms with Gasteiger partial charge in [0.05, 0.1) is 16.3 Å². The van der Waals surface area contributed by atoms with Gasteiger partial charge in [-0.2, -0.15) is 0 Å². The molecule has 3 rings (SSSR count). The van der Waals surface area contributed by atoms with E-state index in [2.05, 4.69) is 16.7 Å². The Morgan fingerprint density at radius 1 is 1.29 bits per heavy atom. The molecule has 0 fully saturated rings. The molecule has 1 amide bonds. The number of carbonyl (C=O) groups is 1. The Bertz CT molecular complexity index is 872. The summed E-state index contributed by atoms with van der Waals surface area (Å²) < 4.78 is 14.5. The van der Waals surface area contributed by atoms with E-state index in [9.17, 15) is 9.18 Å². The second-order valence-corrected chi connectivity index (χ2v) is 7.69. The van der Waals surface area contributed by atoms with Crippen LogP contribution in [0.3, 0.4) is 0 Å². The summed E-state index contributed by atoms with van der Waals surface area (Å²) in [4.78, 5) is 12.3. The van der Waals surface area contributed by atoms with Crippen molar-refractivity contribution in [2.45, 2.75) is 39.3 Å². The molecule has 0 bridgehead atoms. The zero-order valence-corrected chi connectivity index (χ0v) is 16.9. The molecule has 2 aromatic carbocycles. The maximum Gasteiger partial charge on any atom is 0.270 e. The summed E-state index contributed by atoms with van der Waals surface area (Å²) in [5, 5.41) is 8.43. The fourth-order valence-corrected chi connectivity index (χ4v) is 3.58. The molecule has 28 heavy (non-hydrogen) atoms. The first-order valence-electron chi connectivity index (χ1n) is 9.50. The number of nitrogens with one attached hydrogen (secondary N) is 2. The lowest BCUT2D eigenvalue weighted by molar-refractivity contribution is 0.0701. The first-order chi connectivity index (χ1) is 13.4. The van der Waals surface area contributed by atoms with Crippen molar-refractivity contribution in [2.24, 2.45) is 5.84 Å². The van der Waals surface area contributed by atoms with E-state index in [1.165, 1.54) is 23.3 Å². The third kappa shape index (κ3) is 4.46. The van der Waals surface area contributed by atoms with E-state index in [0.717, 1.165) is 42.2 Å². The Balaban J connectivity index is 1.77. The Kier molecular flexibility index (Phi) is 6.54. The minimum absolute atomic E-state index is 0.0300. The molecular formula is C21H26ClFN4O. The quantitative estimate of drug-likeness (QED) is 0.405. The number of hydrogen-bond donors (Lipinski definition) is 3. The van der Waals surface area contributed by atoms with Crippen LogP contribution in [0.1, 0.15) is 40.9 Å². The number of hydrazine groups is 1. The molecule has 1 aliphatic rings. The van der Waals surface area contributed by atoms with Crippen molar-refractivity contribution in [2.75, 3.05) is 18.4 Å². The maximum absolute atomic E-state index is 14.5. The number of halogens is 2. The molecule has 4 N–H and O–H groups in total. The SMILES string of the molecule is CC(C)N(N)C(=O)c1ccc(CNc2c(Cl)ccc3c2CCNCC3)cc1F. The molecule has 7 heteroatoms. The summed E-state index contributed by atoms with van der Waals surface area (Å²) >= 11 is 6.42. The largest absolute Gasteiger partial charge is 0.380 e. The summed E-state index contributed by atoms with van der Waals surface area (Å²) in [6, 6.07) is 8.34. The van der Waals surface area contributed by atoms with Crippen LogP contribution in [0.5, 0.6) is 0 Å². The lowest BCUT2D eigenvalue weighted by atomic mass is 10.0. The molecule has 0 aliphatic carbocycles. The highest BCUT2D eigenvalue weighted by molar-refractivity contribution is 6.33. The standard InChI is InChI=1S/C21H26ClFN4O/c1-13(2)27(24)21(28)17-5-3-14(11-19(17)23)12-26-20-16-8-10-25-9-7-15(16)4-6-18(20)22/h3-6,11,13,25-26H,7-10,12,24H2,1-2H3. The normalized spacial score (nSPS) is 13.8. The highest BCUT2D eigenvalue weighted by Gasteiger charge is 2.19.